The Balaban J connectivity index is 1.64. The predicted octanol–water partition coefficient (Wildman–Crippen LogP) is 3.24. The average Bonchev–Trinajstić information content (AvgIpc) is 3.14. The second-order valence-corrected chi connectivity index (χ2v) is 8.46. The number of fused-ring (bicyclic) bond motifs is 2. The van der Waals surface area contributed by atoms with Crippen molar-refractivity contribution in [1.29, 1.82) is 0 Å². The van der Waals surface area contributed by atoms with Crippen LogP contribution in [-0.4, -0.2) is 62.2 Å². The summed E-state index contributed by atoms with van der Waals surface area (Å²) in [6.45, 7) is 6.25. The summed E-state index contributed by atoms with van der Waals surface area (Å²) in [6, 6.07) is 12.6. The number of morpholine rings is 1. The standard InChI is InChI=1S/C26H28N2O5/c1-3-17-8-9-21-19(16-17)24(29)22-23(18-6-4-5-7-20(18)31-2)28(26(30)25(22)33-21)11-10-27-12-14-32-15-13-27/h4-9,16,23H,3,10-15H2,1-2H3. The van der Waals surface area contributed by atoms with E-state index in [2.05, 4.69) is 4.90 Å². The van der Waals surface area contributed by atoms with Gasteiger partial charge in [0, 0.05) is 31.7 Å². The molecule has 3 aromatic rings. The number of aryl methyl sites for hydroxylation is 1. The fourth-order valence-corrected chi connectivity index (χ4v) is 4.81. The molecule has 1 atom stereocenters. The summed E-state index contributed by atoms with van der Waals surface area (Å²) >= 11 is 0. The van der Waals surface area contributed by atoms with Crippen LogP contribution in [0.3, 0.4) is 0 Å². The molecular formula is C26H28N2O5. The number of carbonyl (C=O) groups is 1. The number of benzene rings is 2. The van der Waals surface area contributed by atoms with Gasteiger partial charge in [0.05, 0.1) is 37.3 Å². The van der Waals surface area contributed by atoms with Gasteiger partial charge in [-0.3, -0.25) is 14.5 Å². The zero-order valence-electron chi connectivity index (χ0n) is 19.0. The Morgan fingerprint density at radius 2 is 1.85 bits per heavy atom. The molecular weight excluding hydrogens is 420 g/mol. The topological polar surface area (TPSA) is 72.2 Å². The number of ether oxygens (including phenoxy) is 2. The second-order valence-electron chi connectivity index (χ2n) is 8.46. The largest absolute Gasteiger partial charge is 0.496 e. The summed E-state index contributed by atoms with van der Waals surface area (Å²) in [6.07, 6.45) is 0.813. The number of methoxy groups -OCH3 is 1. The van der Waals surface area contributed by atoms with Crippen molar-refractivity contribution in [2.45, 2.75) is 19.4 Å². The molecule has 0 saturated carbocycles. The SMILES string of the molecule is CCc1ccc2oc3c(c(=O)c2c1)C(c1ccccc1OC)N(CCN1CCOCC1)C3=O. The van der Waals surface area contributed by atoms with Gasteiger partial charge >= 0.3 is 0 Å². The molecule has 2 aromatic carbocycles. The van der Waals surface area contributed by atoms with Gasteiger partial charge < -0.3 is 18.8 Å². The van der Waals surface area contributed by atoms with Gasteiger partial charge in [-0.05, 0) is 30.2 Å². The minimum absolute atomic E-state index is 0.134. The molecule has 1 aromatic heterocycles. The van der Waals surface area contributed by atoms with Gasteiger partial charge in [0.1, 0.15) is 11.3 Å². The van der Waals surface area contributed by atoms with Gasteiger partial charge in [0.25, 0.3) is 5.91 Å². The third kappa shape index (κ3) is 3.81. The summed E-state index contributed by atoms with van der Waals surface area (Å²) in [7, 11) is 1.60. The van der Waals surface area contributed by atoms with E-state index in [0.29, 0.717) is 48.6 Å². The van der Waals surface area contributed by atoms with Crippen molar-refractivity contribution in [2.24, 2.45) is 0 Å². The van der Waals surface area contributed by atoms with Crippen LogP contribution >= 0.6 is 0 Å². The number of hydrogen-bond acceptors (Lipinski definition) is 6. The Bertz CT molecular complexity index is 1250. The Morgan fingerprint density at radius 1 is 1.06 bits per heavy atom. The van der Waals surface area contributed by atoms with Crippen LogP contribution in [-0.2, 0) is 11.2 Å². The highest BCUT2D eigenvalue weighted by molar-refractivity contribution is 5.99. The molecule has 3 heterocycles. The number of para-hydroxylation sites is 1. The molecule has 0 bridgehead atoms. The maximum absolute atomic E-state index is 13.8. The lowest BCUT2D eigenvalue weighted by Gasteiger charge is -2.31. The first-order valence-electron chi connectivity index (χ1n) is 11.5. The Hall–Kier alpha value is -3.16. The van der Waals surface area contributed by atoms with Crippen LogP contribution in [0.25, 0.3) is 11.0 Å². The number of amides is 1. The van der Waals surface area contributed by atoms with E-state index in [1.807, 2.05) is 43.3 Å². The monoisotopic (exact) mass is 448 g/mol. The van der Waals surface area contributed by atoms with Gasteiger partial charge in [0.15, 0.2) is 5.43 Å². The molecule has 0 radical (unpaired) electrons. The molecule has 7 nitrogen and oxygen atoms in total. The quantitative estimate of drug-likeness (QED) is 0.577. The zero-order chi connectivity index (χ0) is 22.9. The van der Waals surface area contributed by atoms with Crippen molar-refractivity contribution in [3.8, 4) is 5.75 Å². The van der Waals surface area contributed by atoms with Crippen LogP contribution in [0.1, 0.15) is 40.2 Å². The fraction of sp³-hybridized carbons (Fsp3) is 0.385. The molecule has 33 heavy (non-hydrogen) atoms. The van der Waals surface area contributed by atoms with Crippen molar-refractivity contribution in [1.82, 2.24) is 9.80 Å². The minimum atomic E-state index is -0.560. The maximum Gasteiger partial charge on any atom is 0.290 e. The molecule has 0 aliphatic carbocycles. The molecule has 7 heteroatoms. The first-order valence-corrected chi connectivity index (χ1v) is 11.5. The first kappa shape index (κ1) is 21.7. The third-order valence-electron chi connectivity index (χ3n) is 6.63. The lowest BCUT2D eigenvalue weighted by Crippen LogP contribution is -2.42. The smallest absolute Gasteiger partial charge is 0.290 e. The number of carbonyl (C=O) groups excluding carboxylic acids is 1. The third-order valence-corrected chi connectivity index (χ3v) is 6.63. The van der Waals surface area contributed by atoms with E-state index in [4.69, 9.17) is 13.9 Å². The summed E-state index contributed by atoms with van der Waals surface area (Å²) in [5.41, 5.74) is 2.52. The highest BCUT2D eigenvalue weighted by atomic mass is 16.5. The predicted molar refractivity (Wildman–Crippen MR) is 125 cm³/mol. The van der Waals surface area contributed by atoms with Crippen molar-refractivity contribution in [3.63, 3.8) is 0 Å². The number of nitrogens with zero attached hydrogens (tertiary/aromatic N) is 2. The van der Waals surface area contributed by atoms with Crippen LogP contribution in [0.4, 0.5) is 0 Å². The number of hydrogen-bond donors (Lipinski definition) is 0. The summed E-state index contributed by atoms with van der Waals surface area (Å²) in [5, 5.41) is 0.510. The van der Waals surface area contributed by atoms with Crippen LogP contribution < -0.4 is 10.2 Å². The normalized spacial score (nSPS) is 18.7. The molecule has 1 amide bonds. The van der Waals surface area contributed by atoms with E-state index in [1.165, 1.54) is 0 Å². The molecule has 0 spiro atoms. The van der Waals surface area contributed by atoms with Gasteiger partial charge in [-0.1, -0.05) is 31.2 Å². The molecule has 2 aliphatic heterocycles. The minimum Gasteiger partial charge on any atom is -0.496 e. The molecule has 172 valence electrons. The molecule has 1 unspecified atom stereocenters. The molecule has 2 aliphatic rings. The van der Waals surface area contributed by atoms with E-state index in [-0.39, 0.29) is 17.1 Å². The average molecular weight is 449 g/mol. The molecule has 0 N–H and O–H groups in total. The Kier molecular flexibility index (Phi) is 5.91. The van der Waals surface area contributed by atoms with Crippen LogP contribution in [0.5, 0.6) is 5.75 Å². The van der Waals surface area contributed by atoms with E-state index in [9.17, 15) is 9.59 Å². The zero-order valence-corrected chi connectivity index (χ0v) is 19.0. The lowest BCUT2D eigenvalue weighted by molar-refractivity contribution is 0.0314. The summed E-state index contributed by atoms with van der Waals surface area (Å²) in [4.78, 5) is 31.4. The van der Waals surface area contributed by atoms with Gasteiger partial charge in [-0.25, -0.2) is 0 Å². The number of rotatable bonds is 6. The van der Waals surface area contributed by atoms with Crippen LogP contribution in [0.2, 0.25) is 0 Å². The molecule has 5 rings (SSSR count). The lowest BCUT2D eigenvalue weighted by atomic mass is 9.97. The van der Waals surface area contributed by atoms with E-state index in [1.54, 1.807) is 18.1 Å². The van der Waals surface area contributed by atoms with Crippen LogP contribution in [0, 0.1) is 0 Å². The Labute approximate surface area is 192 Å². The maximum atomic E-state index is 13.8. The van der Waals surface area contributed by atoms with Crippen molar-refractivity contribution >= 4 is 16.9 Å². The van der Waals surface area contributed by atoms with Crippen molar-refractivity contribution < 1.29 is 18.7 Å². The first-order chi connectivity index (χ1) is 16.1. The molecule has 1 fully saturated rings. The van der Waals surface area contributed by atoms with E-state index >= 15 is 0 Å². The van der Waals surface area contributed by atoms with Gasteiger partial charge in [-0.2, -0.15) is 0 Å². The van der Waals surface area contributed by atoms with Crippen LogP contribution in [0.15, 0.2) is 51.7 Å². The fourth-order valence-electron chi connectivity index (χ4n) is 4.81. The second kappa shape index (κ2) is 9.00. The highest BCUT2D eigenvalue weighted by Crippen LogP contribution is 2.41. The van der Waals surface area contributed by atoms with Gasteiger partial charge in [-0.15, -0.1) is 0 Å². The van der Waals surface area contributed by atoms with Crippen molar-refractivity contribution in [3.05, 3.63) is 75.1 Å². The molecule has 1 saturated heterocycles. The van der Waals surface area contributed by atoms with E-state index in [0.717, 1.165) is 30.6 Å². The summed E-state index contributed by atoms with van der Waals surface area (Å²) in [5.74, 6) is 0.517. The Morgan fingerprint density at radius 3 is 2.61 bits per heavy atom. The highest BCUT2D eigenvalue weighted by Gasteiger charge is 2.43. The van der Waals surface area contributed by atoms with Gasteiger partial charge in [0.2, 0.25) is 5.76 Å². The van der Waals surface area contributed by atoms with Crippen molar-refractivity contribution in [2.75, 3.05) is 46.5 Å². The summed E-state index contributed by atoms with van der Waals surface area (Å²) < 4.78 is 17.1. The van der Waals surface area contributed by atoms with E-state index < -0.39 is 6.04 Å².